The van der Waals surface area contributed by atoms with Crippen LogP contribution in [0.5, 0.6) is 0 Å². The Labute approximate surface area is 226 Å². The maximum absolute atomic E-state index is 14.7. The van der Waals surface area contributed by atoms with Crippen molar-refractivity contribution in [3.05, 3.63) is 66.2 Å². The summed E-state index contributed by atoms with van der Waals surface area (Å²) in [4.78, 5) is 48.1. The fraction of sp³-hybridized carbons (Fsp3) is 0.370. The maximum atomic E-state index is 14.7. The Balaban J connectivity index is 1.74. The van der Waals surface area contributed by atoms with Crippen molar-refractivity contribution in [3.63, 3.8) is 0 Å². The van der Waals surface area contributed by atoms with E-state index < -0.39 is 50.4 Å². The molecule has 1 aliphatic rings. The highest BCUT2D eigenvalue weighted by Gasteiger charge is 2.43. The molecule has 2 amide bonds. The molecular weight excluding hydrogens is 525 g/mol. The number of hydrogen-bond acceptors (Lipinski definition) is 8. The predicted octanol–water partition coefficient (Wildman–Crippen LogP) is 2.45. The number of aromatic nitrogens is 2. The molecule has 1 saturated heterocycles. The van der Waals surface area contributed by atoms with Crippen molar-refractivity contribution in [2.75, 3.05) is 13.1 Å². The van der Waals surface area contributed by atoms with Gasteiger partial charge >= 0.3 is 0 Å². The summed E-state index contributed by atoms with van der Waals surface area (Å²) >= 11 is 0. The summed E-state index contributed by atoms with van der Waals surface area (Å²) in [6.07, 6.45) is 1.81. The third-order valence-electron chi connectivity index (χ3n) is 6.37. The Bertz CT molecular complexity index is 1500. The van der Waals surface area contributed by atoms with Crippen molar-refractivity contribution in [1.29, 1.82) is 0 Å². The molecule has 1 unspecified atom stereocenters. The first-order valence-corrected chi connectivity index (χ1v) is 14.1. The zero-order valence-corrected chi connectivity index (χ0v) is 22.4. The average molecular weight is 556 g/mol. The minimum atomic E-state index is -4.81. The van der Waals surface area contributed by atoms with E-state index >= 15 is 0 Å². The lowest BCUT2D eigenvalue weighted by atomic mass is 10.0. The highest BCUT2D eigenvalue weighted by Crippen LogP contribution is 2.26. The van der Waals surface area contributed by atoms with Crippen LogP contribution in [0.3, 0.4) is 0 Å². The molecule has 1 aromatic heterocycles. The molecule has 10 nitrogen and oxygen atoms in total. The van der Waals surface area contributed by atoms with E-state index in [1.54, 1.807) is 38.1 Å². The second kappa shape index (κ2) is 12.0. The normalized spacial score (nSPS) is 17.0. The van der Waals surface area contributed by atoms with Crippen LogP contribution in [0.1, 0.15) is 43.6 Å². The fourth-order valence-corrected chi connectivity index (χ4v) is 6.20. The predicted molar refractivity (Wildman–Crippen MR) is 142 cm³/mol. The molecule has 0 spiro atoms. The summed E-state index contributed by atoms with van der Waals surface area (Å²) in [5, 5.41) is 5.51. The van der Waals surface area contributed by atoms with Gasteiger partial charge in [-0.25, -0.2) is 22.1 Å². The molecule has 206 valence electrons. The molecule has 2 heterocycles. The minimum Gasteiger partial charge on any atom is -0.339 e. The molecule has 1 fully saturated rings. The molecule has 4 rings (SSSR count). The Hall–Kier alpha value is -3.77. The number of halogens is 1. The summed E-state index contributed by atoms with van der Waals surface area (Å²) in [5.74, 6) is -3.47. The fourth-order valence-electron chi connectivity index (χ4n) is 4.50. The van der Waals surface area contributed by atoms with Gasteiger partial charge in [-0.1, -0.05) is 38.1 Å². The van der Waals surface area contributed by atoms with E-state index in [1.807, 2.05) is 0 Å². The molecule has 0 aliphatic carbocycles. The van der Waals surface area contributed by atoms with Crippen molar-refractivity contribution < 1.29 is 27.2 Å². The largest absolute Gasteiger partial charge is 0.339 e. The van der Waals surface area contributed by atoms with E-state index in [9.17, 15) is 27.2 Å². The first-order valence-electron chi connectivity index (χ1n) is 12.7. The molecule has 2 aromatic carbocycles. The van der Waals surface area contributed by atoms with E-state index in [0.717, 1.165) is 12.1 Å². The molecule has 0 bridgehead atoms. The first-order chi connectivity index (χ1) is 18.6. The van der Waals surface area contributed by atoms with Crippen molar-refractivity contribution >= 4 is 38.7 Å². The number of fused-ring (bicyclic) bond motifs is 1. The number of hydrogen-bond donors (Lipinski definition) is 2. The van der Waals surface area contributed by atoms with Crippen LogP contribution >= 0.6 is 0 Å². The van der Waals surface area contributed by atoms with Gasteiger partial charge in [0.05, 0.1) is 23.8 Å². The van der Waals surface area contributed by atoms with Crippen molar-refractivity contribution in [3.8, 4) is 0 Å². The summed E-state index contributed by atoms with van der Waals surface area (Å²) in [7, 11) is -4.81. The second-order valence-electron chi connectivity index (χ2n) is 9.77. The number of para-hydroxylation sites is 2. The number of amides is 2. The number of benzene rings is 2. The lowest BCUT2D eigenvalue weighted by molar-refractivity contribution is -0.135. The Morgan fingerprint density at radius 3 is 2.54 bits per heavy atom. The Kier molecular flexibility index (Phi) is 8.66. The van der Waals surface area contributed by atoms with E-state index in [4.69, 9.17) is 0 Å². The third kappa shape index (κ3) is 6.28. The number of nitrogens with zero attached hydrogens (tertiary/aromatic N) is 3. The summed E-state index contributed by atoms with van der Waals surface area (Å²) in [6, 6.07) is 8.93. The quantitative estimate of drug-likeness (QED) is 0.432. The van der Waals surface area contributed by atoms with Crippen LogP contribution in [0, 0.1) is 11.7 Å². The van der Waals surface area contributed by atoms with Gasteiger partial charge < -0.3 is 10.6 Å². The number of rotatable bonds is 8. The number of ketones is 1. The maximum Gasteiger partial charge on any atom is 0.272 e. The molecule has 0 radical (unpaired) electrons. The van der Waals surface area contributed by atoms with Gasteiger partial charge in [-0.15, -0.1) is 0 Å². The lowest BCUT2D eigenvalue weighted by Crippen LogP contribution is -2.56. The average Bonchev–Trinajstić information content (AvgIpc) is 3.11. The van der Waals surface area contributed by atoms with Gasteiger partial charge in [-0.2, -0.15) is 0 Å². The Morgan fingerprint density at radius 2 is 1.82 bits per heavy atom. The van der Waals surface area contributed by atoms with Crippen LogP contribution in [0.15, 0.2) is 59.6 Å². The number of carbonyl (C=O) groups excluding carboxylic acids is 3. The van der Waals surface area contributed by atoms with Gasteiger partial charge in [-0.3, -0.25) is 19.4 Å². The highest BCUT2D eigenvalue weighted by atomic mass is 32.2. The van der Waals surface area contributed by atoms with Gasteiger partial charge in [0.2, 0.25) is 0 Å². The van der Waals surface area contributed by atoms with Gasteiger partial charge in [0, 0.05) is 0 Å². The van der Waals surface area contributed by atoms with Crippen LogP contribution < -0.4 is 10.6 Å². The van der Waals surface area contributed by atoms with Gasteiger partial charge in [-0.05, 0) is 56.0 Å². The molecule has 1 aliphatic heterocycles. The van der Waals surface area contributed by atoms with Crippen LogP contribution in [-0.4, -0.2) is 65.5 Å². The lowest BCUT2D eigenvalue weighted by Gasteiger charge is -2.33. The molecular formula is C27H30FN5O5S. The monoisotopic (exact) mass is 555 g/mol. The van der Waals surface area contributed by atoms with Crippen molar-refractivity contribution in [1.82, 2.24) is 24.9 Å². The van der Waals surface area contributed by atoms with Gasteiger partial charge in [0.25, 0.3) is 21.8 Å². The number of nitrogens with one attached hydrogen (secondary N) is 2. The highest BCUT2D eigenvalue weighted by molar-refractivity contribution is 7.89. The van der Waals surface area contributed by atoms with Crippen LogP contribution in [0.25, 0.3) is 11.0 Å². The third-order valence-corrected chi connectivity index (χ3v) is 8.21. The Morgan fingerprint density at radius 1 is 1.13 bits per heavy atom. The molecule has 39 heavy (non-hydrogen) atoms. The zero-order chi connectivity index (χ0) is 28.2. The summed E-state index contributed by atoms with van der Waals surface area (Å²) in [6.45, 7) is 3.92. The minimum absolute atomic E-state index is 0.0593. The molecule has 12 heteroatoms. The summed E-state index contributed by atoms with van der Waals surface area (Å²) in [5.41, 5.74) is 0.984. The molecule has 2 atom stereocenters. The number of carbonyl (C=O) groups is 3. The van der Waals surface area contributed by atoms with Gasteiger partial charge in [0.1, 0.15) is 28.5 Å². The topological polar surface area (TPSA) is 138 Å². The molecule has 2 N–H and O–H groups in total. The van der Waals surface area contributed by atoms with E-state index in [0.29, 0.717) is 28.3 Å². The van der Waals surface area contributed by atoms with E-state index in [-0.39, 0.29) is 31.0 Å². The molecule has 0 saturated carbocycles. The first kappa shape index (κ1) is 28.2. The van der Waals surface area contributed by atoms with Crippen LogP contribution in [0.4, 0.5) is 4.39 Å². The van der Waals surface area contributed by atoms with Crippen LogP contribution in [0.2, 0.25) is 0 Å². The number of Topliss-reactive ketones (excluding diaryl/α,β-unsaturated/α-hetero) is 1. The number of sulfonamides is 1. The SMILES string of the molecule is CC(C)C[C@H](NC(=O)c1cnc2ccccc2n1)C(=O)N(C1CCCNCC1=O)S(=O)(=O)c1ccccc1F. The molecule has 3 aromatic rings. The zero-order valence-electron chi connectivity index (χ0n) is 21.6. The van der Waals surface area contributed by atoms with Crippen molar-refractivity contribution in [2.45, 2.75) is 50.1 Å². The second-order valence-corrected chi connectivity index (χ2v) is 11.6. The smallest absolute Gasteiger partial charge is 0.272 e. The van der Waals surface area contributed by atoms with E-state index in [1.165, 1.54) is 18.3 Å². The summed E-state index contributed by atoms with van der Waals surface area (Å²) < 4.78 is 42.8. The van der Waals surface area contributed by atoms with Crippen molar-refractivity contribution in [2.24, 2.45) is 5.92 Å². The standard InChI is InChI=1S/C27H30FN5O5S/c1-17(2)14-21(32-26(35)22-15-30-19-9-4-5-10-20(19)31-22)27(36)33(23-11-7-13-29-16-24(23)34)39(37,38)25-12-6-3-8-18(25)28/h3-6,8-10,12,15,17,21,23,29H,7,11,13-14,16H2,1-2H3,(H,32,35)/t21-,23?/m0/s1. The van der Waals surface area contributed by atoms with Gasteiger partial charge in [0.15, 0.2) is 5.78 Å². The van der Waals surface area contributed by atoms with Crippen LogP contribution in [-0.2, 0) is 19.6 Å². The van der Waals surface area contributed by atoms with E-state index in [2.05, 4.69) is 20.6 Å².